The van der Waals surface area contributed by atoms with Crippen molar-refractivity contribution >= 4 is 10.9 Å². The number of piperidine rings is 1. The van der Waals surface area contributed by atoms with E-state index in [9.17, 15) is 4.39 Å². The molecule has 0 saturated carbocycles. The first kappa shape index (κ1) is 10.6. The van der Waals surface area contributed by atoms with Crippen LogP contribution in [0.3, 0.4) is 0 Å². The number of hydrogen-bond donors (Lipinski definition) is 1. The lowest BCUT2D eigenvalue weighted by molar-refractivity contribution is 0.451. The van der Waals surface area contributed by atoms with Crippen molar-refractivity contribution in [3.63, 3.8) is 0 Å². The Labute approximate surface area is 99.1 Å². The molecule has 0 radical (unpaired) electrons. The summed E-state index contributed by atoms with van der Waals surface area (Å²) in [6.45, 7) is 2.00. The summed E-state index contributed by atoms with van der Waals surface area (Å²) in [7, 11) is 0. The van der Waals surface area contributed by atoms with Crippen LogP contribution in [0.2, 0.25) is 0 Å². The summed E-state index contributed by atoms with van der Waals surface area (Å²) in [5, 5.41) is 12.2. The molecular weight excluding hydrogens is 217 g/mol. The van der Waals surface area contributed by atoms with Gasteiger partial charge in [-0.15, -0.1) is 0 Å². The van der Waals surface area contributed by atoms with Gasteiger partial charge in [0.15, 0.2) is 0 Å². The Kier molecular flexibility index (Phi) is 2.73. The zero-order valence-corrected chi connectivity index (χ0v) is 9.49. The SMILES string of the molecule is Fc1cccc2nnc(C3CCNCC3)cc12. The topological polar surface area (TPSA) is 37.8 Å². The molecule has 0 atom stereocenters. The van der Waals surface area contributed by atoms with Crippen molar-refractivity contribution in [2.45, 2.75) is 18.8 Å². The van der Waals surface area contributed by atoms with E-state index >= 15 is 0 Å². The lowest BCUT2D eigenvalue weighted by Gasteiger charge is -2.21. The highest BCUT2D eigenvalue weighted by Crippen LogP contribution is 2.25. The van der Waals surface area contributed by atoms with E-state index in [1.807, 2.05) is 6.07 Å². The van der Waals surface area contributed by atoms with Gasteiger partial charge >= 0.3 is 0 Å². The van der Waals surface area contributed by atoms with Gasteiger partial charge < -0.3 is 5.32 Å². The first-order valence-corrected chi connectivity index (χ1v) is 5.97. The first-order chi connectivity index (χ1) is 8.34. The van der Waals surface area contributed by atoms with Gasteiger partial charge in [0, 0.05) is 11.3 Å². The van der Waals surface area contributed by atoms with Crippen LogP contribution in [0, 0.1) is 5.82 Å². The van der Waals surface area contributed by atoms with Crippen LogP contribution < -0.4 is 5.32 Å². The van der Waals surface area contributed by atoms with Gasteiger partial charge in [-0.25, -0.2) is 4.39 Å². The molecule has 1 N–H and O–H groups in total. The number of fused-ring (bicyclic) bond motifs is 1. The maximum absolute atomic E-state index is 13.7. The van der Waals surface area contributed by atoms with E-state index in [4.69, 9.17) is 0 Å². The Balaban J connectivity index is 2.03. The molecule has 1 aromatic carbocycles. The number of benzene rings is 1. The molecule has 2 aromatic rings. The predicted molar refractivity (Wildman–Crippen MR) is 64.3 cm³/mol. The Morgan fingerprint density at radius 3 is 2.82 bits per heavy atom. The molecule has 1 saturated heterocycles. The van der Waals surface area contributed by atoms with Crippen LogP contribution in [0.1, 0.15) is 24.5 Å². The monoisotopic (exact) mass is 231 g/mol. The van der Waals surface area contributed by atoms with Gasteiger partial charge in [-0.1, -0.05) is 6.07 Å². The summed E-state index contributed by atoms with van der Waals surface area (Å²) in [6.07, 6.45) is 2.10. The van der Waals surface area contributed by atoms with Crippen molar-refractivity contribution in [2.75, 3.05) is 13.1 Å². The molecule has 1 aliphatic rings. The predicted octanol–water partition coefficient (Wildman–Crippen LogP) is 2.24. The second-order valence-corrected chi connectivity index (χ2v) is 4.47. The summed E-state index contributed by atoms with van der Waals surface area (Å²) < 4.78 is 13.7. The molecule has 17 heavy (non-hydrogen) atoms. The smallest absolute Gasteiger partial charge is 0.132 e. The van der Waals surface area contributed by atoms with Crippen LogP contribution in [-0.2, 0) is 0 Å². The molecule has 0 amide bonds. The minimum atomic E-state index is -0.215. The fourth-order valence-corrected chi connectivity index (χ4v) is 2.36. The van der Waals surface area contributed by atoms with Gasteiger partial charge in [-0.3, -0.25) is 0 Å². The molecule has 4 heteroatoms. The molecule has 1 aromatic heterocycles. The lowest BCUT2D eigenvalue weighted by Crippen LogP contribution is -2.27. The maximum Gasteiger partial charge on any atom is 0.132 e. The third-order valence-corrected chi connectivity index (χ3v) is 3.35. The number of halogens is 1. The summed E-state index contributed by atoms with van der Waals surface area (Å²) in [5.74, 6) is 0.195. The van der Waals surface area contributed by atoms with Crippen LogP contribution in [0.4, 0.5) is 4.39 Å². The van der Waals surface area contributed by atoms with Crippen molar-refractivity contribution < 1.29 is 4.39 Å². The van der Waals surface area contributed by atoms with Crippen LogP contribution in [0.25, 0.3) is 10.9 Å². The van der Waals surface area contributed by atoms with E-state index in [1.165, 1.54) is 6.07 Å². The average molecular weight is 231 g/mol. The summed E-state index contributed by atoms with van der Waals surface area (Å²) in [4.78, 5) is 0. The minimum Gasteiger partial charge on any atom is -0.317 e. The average Bonchev–Trinajstić information content (AvgIpc) is 2.40. The summed E-state index contributed by atoms with van der Waals surface area (Å²) >= 11 is 0. The van der Waals surface area contributed by atoms with Crippen molar-refractivity contribution in [2.24, 2.45) is 0 Å². The largest absolute Gasteiger partial charge is 0.317 e. The second kappa shape index (κ2) is 4.37. The third-order valence-electron chi connectivity index (χ3n) is 3.35. The Morgan fingerprint density at radius 1 is 1.18 bits per heavy atom. The van der Waals surface area contributed by atoms with Gasteiger partial charge in [-0.2, -0.15) is 10.2 Å². The van der Waals surface area contributed by atoms with Crippen molar-refractivity contribution in [1.29, 1.82) is 0 Å². The summed E-state index contributed by atoms with van der Waals surface area (Å²) in [5.41, 5.74) is 1.55. The van der Waals surface area contributed by atoms with E-state index in [0.717, 1.165) is 31.6 Å². The normalized spacial score (nSPS) is 17.5. The van der Waals surface area contributed by atoms with Gasteiger partial charge in [-0.05, 0) is 44.1 Å². The van der Waals surface area contributed by atoms with Gasteiger partial charge in [0.25, 0.3) is 0 Å². The van der Waals surface area contributed by atoms with Crippen LogP contribution in [0.15, 0.2) is 24.3 Å². The number of nitrogens with zero attached hydrogens (tertiary/aromatic N) is 2. The summed E-state index contributed by atoms with van der Waals surface area (Å²) in [6, 6.07) is 6.78. The molecular formula is C13H14FN3. The molecule has 0 spiro atoms. The Morgan fingerprint density at radius 2 is 2.00 bits per heavy atom. The zero-order chi connectivity index (χ0) is 11.7. The van der Waals surface area contributed by atoms with Crippen molar-refractivity contribution in [1.82, 2.24) is 15.5 Å². The number of nitrogens with one attached hydrogen (secondary N) is 1. The van der Waals surface area contributed by atoms with Gasteiger partial charge in [0.05, 0.1) is 11.2 Å². The van der Waals surface area contributed by atoms with Crippen LogP contribution in [-0.4, -0.2) is 23.3 Å². The molecule has 1 fully saturated rings. The van der Waals surface area contributed by atoms with Gasteiger partial charge in [0.2, 0.25) is 0 Å². The van der Waals surface area contributed by atoms with E-state index in [-0.39, 0.29) is 5.82 Å². The molecule has 0 unspecified atom stereocenters. The third kappa shape index (κ3) is 2.00. The molecule has 88 valence electrons. The zero-order valence-electron chi connectivity index (χ0n) is 9.49. The number of hydrogen-bond acceptors (Lipinski definition) is 3. The van der Waals surface area contributed by atoms with E-state index in [1.54, 1.807) is 12.1 Å². The minimum absolute atomic E-state index is 0.215. The van der Waals surface area contributed by atoms with Crippen LogP contribution >= 0.6 is 0 Å². The van der Waals surface area contributed by atoms with E-state index in [0.29, 0.717) is 16.8 Å². The first-order valence-electron chi connectivity index (χ1n) is 5.97. The highest BCUT2D eigenvalue weighted by Gasteiger charge is 2.17. The van der Waals surface area contributed by atoms with Crippen molar-refractivity contribution in [3.05, 3.63) is 35.8 Å². The van der Waals surface area contributed by atoms with E-state index in [2.05, 4.69) is 15.5 Å². The number of aromatic nitrogens is 2. The van der Waals surface area contributed by atoms with Crippen molar-refractivity contribution in [3.8, 4) is 0 Å². The Bertz CT molecular complexity index is 535. The second-order valence-electron chi connectivity index (χ2n) is 4.47. The highest BCUT2D eigenvalue weighted by atomic mass is 19.1. The molecule has 0 aliphatic carbocycles. The Hall–Kier alpha value is -1.55. The quantitative estimate of drug-likeness (QED) is 0.818. The standard InChI is InChI=1S/C13H14FN3/c14-11-2-1-3-12-10(11)8-13(17-16-12)9-4-6-15-7-5-9/h1-3,8-9,15H,4-7H2. The molecule has 1 aliphatic heterocycles. The fraction of sp³-hybridized carbons (Fsp3) is 0.385. The van der Waals surface area contributed by atoms with E-state index < -0.39 is 0 Å². The lowest BCUT2D eigenvalue weighted by atomic mass is 9.94. The highest BCUT2D eigenvalue weighted by molar-refractivity contribution is 5.78. The van der Waals surface area contributed by atoms with Crippen LogP contribution in [0.5, 0.6) is 0 Å². The number of rotatable bonds is 1. The molecule has 2 heterocycles. The molecule has 0 bridgehead atoms. The maximum atomic E-state index is 13.7. The van der Waals surface area contributed by atoms with Gasteiger partial charge in [0.1, 0.15) is 5.82 Å². The molecule has 3 nitrogen and oxygen atoms in total. The molecule has 3 rings (SSSR count). The fourth-order valence-electron chi connectivity index (χ4n) is 2.36.